The van der Waals surface area contributed by atoms with E-state index in [-0.39, 0.29) is 0 Å². The summed E-state index contributed by atoms with van der Waals surface area (Å²) in [4.78, 5) is 6.90. The number of nitrogens with zero attached hydrogens (tertiary/aromatic N) is 1. The highest BCUT2D eigenvalue weighted by atomic mass is 35.5. The minimum atomic E-state index is -1.26. The number of hydrogen-bond acceptors (Lipinski definition) is 2. The first-order valence-electron chi connectivity index (χ1n) is 4.69. The van der Waals surface area contributed by atoms with Crippen molar-refractivity contribution in [3.8, 4) is 0 Å². The minimum Gasteiger partial charge on any atom is -0.377 e. The molecule has 1 heterocycles. The number of hydrogen-bond donors (Lipinski definition) is 2. The van der Waals surface area contributed by atoms with Crippen molar-refractivity contribution in [3.63, 3.8) is 0 Å². The molecule has 84 valence electrons. The lowest BCUT2D eigenvalue weighted by molar-refractivity contribution is 0.0933. The van der Waals surface area contributed by atoms with E-state index in [1.807, 2.05) is 0 Å². The third-order valence-corrected chi connectivity index (χ3v) is 2.96. The molecule has 0 saturated heterocycles. The summed E-state index contributed by atoms with van der Waals surface area (Å²) in [6.45, 7) is 1.63. The van der Waals surface area contributed by atoms with Gasteiger partial charge in [-0.05, 0) is 19.1 Å². The van der Waals surface area contributed by atoms with Crippen molar-refractivity contribution in [1.29, 1.82) is 0 Å². The Morgan fingerprint density at radius 3 is 2.69 bits per heavy atom. The average Bonchev–Trinajstić information content (AvgIpc) is 2.69. The van der Waals surface area contributed by atoms with E-state index in [4.69, 9.17) is 23.2 Å². The van der Waals surface area contributed by atoms with Crippen molar-refractivity contribution in [2.24, 2.45) is 0 Å². The quantitative estimate of drug-likeness (QED) is 0.868. The van der Waals surface area contributed by atoms with Crippen LogP contribution in [-0.4, -0.2) is 15.1 Å². The fraction of sp³-hybridized carbons (Fsp3) is 0.182. The van der Waals surface area contributed by atoms with Gasteiger partial charge in [0.1, 0.15) is 11.4 Å². The molecule has 0 spiro atoms. The van der Waals surface area contributed by atoms with E-state index in [0.29, 0.717) is 21.4 Å². The molecule has 1 unspecified atom stereocenters. The molecule has 0 saturated carbocycles. The summed E-state index contributed by atoms with van der Waals surface area (Å²) in [7, 11) is 0. The molecular weight excluding hydrogens is 247 g/mol. The van der Waals surface area contributed by atoms with Gasteiger partial charge in [-0.2, -0.15) is 0 Å². The second-order valence-electron chi connectivity index (χ2n) is 3.63. The Hall–Kier alpha value is -1.03. The maximum atomic E-state index is 10.4. The van der Waals surface area contributed by atoms with Crippen LogP contribution in [0.4, 0.5) is 0 Å². The fourth-order valence-electron chi connectivity index (χ4n) is 1.54. The van der Waals surface area contributed by atoms with E-state index < -0.39 is 5.60 Å². The first-order chi connectivity index (χ1) is 7.51. The monoisotopic (exact) mass is 256 g/mol. The summed E-state index contributed by atoms with van der Waals surface area (Å²) in [5.74, 6) is 0.441. The van der Waals surface area contributed by atoms with Crippen LogP contribution < -0.4 is 0 Å². The summed E-state index contributed by atoms with van der Waals surface area (Å²) in [5.41, 5.74) is -0.695. The lowest BCUT2D eigenvalue weighted by Crippen LogP contribution is -2.24. The largest absolute Gasteiger partial charge is 0.377 e. The molecule has 1 atom stereocenters. The molecule has 0 radical (unpaired) electrons. The Morgan fingerprint density at radius 1 is 1.38 bits per heavy atom. The van der Waals surface area contributed by atoms with Crippen LogP contribution in [-0.2, 0) is 5.60 Å². The van der Waals surface area contributed by atoms with Crippen LogP contribution in [0.15, 0.2) is 30.6 Å². The van der Waals surface area contributed by atoms with E-state index in [1.165, 1.54) is 0 Å². The van der Waals surface area contributed by atoms with E-state index in [2.05, 4.69) is 9.97 Å². The van der Waals surface area contributed by atoms with Crippen molar-refractivity contribution >= 4 is 23.2 Å². The van der Waals surface area contributed by atoms with Crippen molar-refractivity contribution in [2.75, 3.05) is 0 Å². The zero-order valence-corrected chi connectivity index (χ0v) is 10.0. The van der Waals surface area contributed by atoms with Gasteiger partial charge in [0.15, 0.2) is 0 Å². The van der Waals surface area contributed by atoms with E-state index in [1.54, 1.807) is 37.5 Å². The standard InChI is InChI=1S/C11H10Cl2N2O/c1-11(16,10-14-4-5-15-10)8-3-2-7(12)6-9(8)13/h2-6,16H,1H3,(H,14,15). The molecule has 0 aliphatic carbocycles. The van der Waals surface area contributed by atoms with E-state index in [9.17, 15) is 5.11 Å². The van der Waals surface area contributed by atoms with E-state index in [0.717, 1.165) is 0 Å². The topological polar surface area (TPSA) is 48.9 Å². The lowest BCUT2D eigenvalue weighted by atomic mass is 9.95. The number of aromatic nitrogens is 2. The molecule has 0 fully saturated rings. The molecule has 3 nitrogen and oxygen atoms in total. The van der Waals surface area contributed by atoms with Crippen molar-refractivity contribution < 1.29 is 5.11 Å². The maximum absolute atomic E-state index is 10.4. The van der Waals surface area contributed by atoms with Crippen LogP contribution in [0.2, 0.25) is 10.0 Å². The molecule has 16 heavy (non-hydrogen) atoms. The van der Waals surface area contributed by atoms with E-state index >= 15 is 0 Å². The van der Waals surface area contributed by atoms with Crippen molar-refractivity contribution in [3.05, 3.63) is 52.0 Å². The molecular formula is C11H10Cl2N2O. The van der Waals surface area contributed by atoms with Crippen molar-refractivity contribution in [1.82, 2.24) is 9.97 Å². The Balaban J connectivity index is 2.51. The number of aliphatic hydroxyl groups is 1. The molecule has 0 amide bonds. The van der Waals surface area contributed by atoms with Gasteiger partial charge in [-0.3, -0.25) is 0 Å². The molecule has 2 rings (SSSR count). The van der Waals surface area contributed by atoms with Gasteiger partial charge >= 0.3 is 0 Å². The van der Waals surface area contributed by atoms with Gasteiger partial charge in [0.05, 0.1) is 0 Å². The Bertz CT molecular complexity index is 495. The Kier molecular flexibility index (Phi) is 2.93. The lowest BCUT2D eigenvalue weighted by Gasteiger charge is -2.22. The number of imidazole rings is 1. The normalized spacial score (nSPS) is 14.8. The number of aromatic amines is 1. The van der Waals surface area contributed by atoms with Crippen LogP contribution in [0.25, 0.3) is 0 Å². The molecule has 0 aliphatic heterocycles. The number of H-pyrrole nitrogens is 1. The molecule has 2 N–H and O–H groups in total. The summed E-state index contributed by atoms with van der Waals surface area (Å²) in [5, 5.41) is 11.3. The summed E-state index contributed by atoms with van der Waals surface area (Å²) in [6, 6.07) is 4.96. The second-order valence-corrected chi connectivity index (χ2v) is 4.48. The van der Waals surface area contributed by atoms with Gasteiger partial charge in [0.25, 0.3) is 0 Å². The van der Waals surface area contributed by atoms with Crippen LogP contribution in [0.3, 0.4) is 0 Å². The number of rotatable bonds is 2. The summed E-state index contributed by atoms with van der Waals surface area (Å²) < 4.78 is 0. The highest BCUT2D eigenvalue weighted by molar-refractivity contribution is 6.35. The number of benzene rings is 1. The number of nitrogens with one attached hydrogen (secondary N) is 1. The minimum absolute atomic E-state index is 0.411. The molecule has 1 aromatic carbocycles. The van der Waals surface area contributed by atoms with Gasteiger partial charge in [0.2, 0.25) is 0 Å². The zero-order chi connectivity index (χ0) is 11.8. The van der Waals surface area contributed by atoms with Crippen LogP contribution in [0, 0.1) is 0 Å². The summed E-state index contributed by atoms with van der Waals surface area (Å²) >= 11 is 11.8. The Labute approximate surface area is 103 Å². The fourth-order valence-corrected chi connectivity index (χ4v) is 2.14. The van der Waals surface area contributed by atoms with Crippen LogP contribution in [0.1, 0.15) is 18.3 Å². The molecule has 0 bridgehead atoms. The van der Waals surface area contributed by atoms with Gasteiger partial charge in [-0.1, -0.05) is 29.3 Å². The second kappa shape index (κ2) is 4.09. The van der Waals surface area contributed by atoms with Gasteiger partial charge in [-0.15, -0.1) is 0 Å². The van der Waals surface area contributed by atoms with Gasteiger partial charge < -0.3 is 10.1 Å². The third kappa shape index (κ3) is 1.94. The third-order valence-electron chi connectivity index (χ3n) is 2.41. The average molecular weight is 257 g/mol. The summed E-state index contributed by atoms with van der Waals surface area (Å²) in [6.07, 6.45) is 3.22. The van der Waals surface area contributed by atoms with Crippen LogP contribution >= 0.6 is 23.2 Å². The number of halogens is 2. The van der Waals surface area contributed by atoms with Gasteiger partial charge in [0, 0.05) is 28.0 Å². The molecule has 0 aliphatic rings. The first kappa shape index (κ1) is 11.5. The highest BCUT2D eigenvalue weighted by Gasteiger charge is 2.30. The molecule has 2 aromatic rings. The SMILES string of the molecule is CC(O)(c1ncc[nH]1)c1ccc(Cl)cc1Cl. The smallest absolute Gasteiger partial charge is 0.146 e. The van der Waals surface area contributed by atoms with Crippen molar-refractivity contribution in [2.45, 2.75) is 12.5 Å². The predicted molar refractivity (Wildman–Crippen MR) is 63.7 cm³/mol. The zero-order valence-electron chi connectivity index (χ0n) is 8.54. The Morgan fingerprint density at radius 2 is 2.12 bits per heavy atom. The highest BCUT2D eigenvalue weighted by Crippen LogP contribution is 2.33. The van der Waals surface area contributed by atoms with Crippen LogP contribution in [0.5, 0.6) is 0 Å². The molecule has 1 aromatic heterocycles. The predicted octanol–water partition coefficient (Wildman–Crippen LogP) is 2.97. The molecule has 5 heteroatoms. The maximum Gasteiger partial charge on any atom is 0.146 e. The first-order valence-corrected chi connectivity index (χ1v) is 5.45. The van der Waals surface area contributed by atoms with Gasteiger partial charge in [-0.25, -0.2) is 4.98 Å².